The number of carbonyl (C=O) groups is 1. The van der Waals surface area contributed by atoms with Gasteiger partial charge in [-0.1, -0.05) is 13.8 Å². The molecule has 96 valence electrons. The van der Waals surface area contributed by atoms with Gasteiger partial charge in [-0.15, -0.1) is 21.6 Å². The maximum absolute atomic E-state index is 11.9. The molecule has 0 saturated carbocycles. The van der Waals surface area contributed by atoms with Gasteiger partial charge in [-0.3, -0.25) is 4.79 Å². The lowest BCUT2D eigenvalue weighted by atomic mass is 9.78. The van der Waals surface area contributed by atoms with Crippen molar-refractivity contribution in [2.45, 2.75) is 33.6 Å². The van der Waals surface area contributed by atoms with E-state index in [-0.39, 0.29) is 22.7 Å². The molecule has 0 unspecified atom stereocenters. The third kappa shape index (κ3) is 2.81. The van der Waals surface area contributed by atoms with Gasteiger partial charge in [0.1, 0.15) is 5.76 Å². The predicted octanol–water partition coefficient (Wildman–Crippen LogP) is 3.69. The fourth-order valence-corrected chi connectivity index (χ4v) is 2.49. The Balaban J connectivity index is 2.23. The Bertz CT molecular complexity index is 543. The first-order valence-corrected chi connectivity index (χ1v) is 6.54. The molecule has 1 aromatic rings. The van der Waals surface area contributed by atoms with Gasteiger partial charge >= 0.3 is 0 Å². The fourth-order valence-electron chi connectivity index (χ4n) is 1.87. The first-order valence-electron chi connectivity index (χ1n) is 5.66. The lowest BCUT2D eigenvalue weighted by molar-refractivity contribution is -0.118. The fraction of sp³-hybridized carbons (Fsp3) is 0.500. The third-order valence-corrected chi connectivity index (χ3v) is 3.51. The number of aryl methyl sites for hydroxylation is 1. The van der Waals surface area contributed by atoms with Crippen molar-refractivity contribution in [1.82, 2.24) is 4.98 Å². The van der Waals surface area contributed by atoms with Crippen LogP contribution in [0.25, 0.3) is 0 Å². The van der Waals surface area contributed by atoms with E-state index in [0.717, 1.165) is 5.69 Å². The van der Waals surface area contributed by atoms with Crippen LogP contribution in [0.15, 0.2) is 27.1 Å². The number of nitrogens with zero attached hydrogens (tertiary/aromatic N) is 3. The number of Topliss-reactive ketones (excluding diaryl/α,β-unsaturated/α-hetero) is 1. The van der Waals surface area contributed by atoms with E-state index in [1.165, 1.54) is 11.3 Å². The summed E-state index contributed by atoms with van der Waals surface area (Å²) in [6.07, 6.45) is 0.826. The van der Waals surface area contributed by atoms with Gasteiger partial charge in [0, 0.05) is 18.2 Å². The van der Waals surface area contributed by atoms with Gasteiger partial charge in [-0.2, -0.15) is 0 Å². The van der Waals surface area contributed by atoms with Gasteiger partial charge in [0.15, 0.2) is 11.5 Å². The maximum Gasteiger partial charge on any atom is 0.230 e. The Kier molecular flexibility index (Phi) is 3.30. The zero-order valence-electron chi connectivity index (χ0n) is 10.6. The molecule has 1 N–H and O–H groups in total. The van der Waals surface area contributed by atoms with Gasteiger partial charge in [0.25, 0.3) is 0 Å². The molecule has 0 aliphatic heterocycles. The molecule has 1 aromatic heterocycles. The highest BCUT2D eigenvalue weighted by Crippen LogP contribution is 2.36. The molecule has 0 amide bonds. The molecule has 0 radical (unpaired) electrons. The van der Waals surface area contributed by atoms with Crippen molar-refractivity contribution < 1.29 is 9.90 Å². The summed E-state index contributed by atoms with van der Waals surface area (Å²) >= 11 is 1.35. The number of aliphatic hydroxyl groups is 1. The van der Waals surface area contributed by atoms with Crippen LogP contribution in [0.2, 0.25) is 0 Å². The smallest absolute Gasteiger partial charge is 0.230 e. The van der Waals surface area contributed by atoms with E-state index in [9.17, 15) is 9.90 Å². The van der Waals surface area contributed by atoms with E-state index in [0.29, 0.717) is 18.0 Å². The number of allylic oxidation sites excluding steroid dienone is 2. The molecule has 2 rings (SSSR count). The molecular weight excluding hydrogens is 250 g/mol. The van der Waals surface area contributed by atoms with Crippen LogP contribution >= 0.6 is 11.3 Å². The third-order valence-electron chi connectivity index (χ3n) is 2.67. The second kappa shape index (κ2) is 4.61. The second-order valence-electron chi connectivity index (χ2n) is 5.21. The van der Waals surface area contributed by atoms with Gasteiger partial charge in [-0.25, -0.2) is 4.98 Å². The van der Waals surface area contributed by atoms with Crippen LogP contribution in [0.5, 0.6) is 0 Å². The monoisotopic (exact) mass is 265 g/mol. The van der Waals surface area contributed by atoms with E-state index >= 15 is 0 Å². The second-order valence-corrected chi connectivity index (χ2v) is 6.04. The molecule has 0 aromatic carbocycles. The molecule has 0 saturated heterocycles. The molecular formula is C12H15N3O2S. The zero-order valence-corrected chi connectivity index (χ0v) is 11.4. The van der Waals surface area contributed by atoms with Gasteiger partial charge < -0.3 is 5.11 Å². The summed E-state index contributed by atoms with van der Waals surface area (Å²) in [5, 5.41) is 19.9. The van der Waals surface area contributed by atoms with Crippen molar-refractivity contribution in [3.63, 3.8) is 0 Å². The summed E-state index contributed by atoms with van der Waals surface area (Å²) < 4.78 is 0. The minimum atomic E-state index is -0.210. The van der Waals surface area contributed by atoms with Crippen LogP contribution in [0.1, 0.15) is 32.4 Å². The molecule has 1 heterocycles. The van der Waals surface area contributed by atoms with Crippen LogP contribution < -0.4 is 0 Å². The van der Waals surface area contributed by atoms with Gasteiger partial charge in [0.05, 0.1) is 5.69 Å². The number of hydrogen-bond acceptors (Lipinski definition) is 6. The maximum atomic E-state index is 11.9. The number of carbonyl (C=O) groups excluding carboxylic acids is 1. The summed E-state index contributed by atoms with van der Waals surface area (Å²) in [7, 11) is 0. The standard InChI is InChI=1S/C12H15N3O2S/c1-7-6-18-11(13-7)15-14-10-8(16)4-12(2,3)5-9(10)17/h6,16H,4-5H2,1-3H3. The highest BCUT2D eigenvalue weighted by atomic mass is 32.1. The number of ketones is 1. The Morgan fingerprint density at radius 2 is 2.11 bits per heavy atom. The largest absolute Gasteiger partial charge is 0.510 e. The van der Waals surface area contributed by atoms with Crippen molar-refractivity contribution in [1.29, 1.82) is 0 Å². The molecule has 18 heavy (non-hydrogen) atoms. The Morgan fingerprint density at radius 1 is 1.39 bits per heavy atom. The lowest BCUT2D eigenvalue weighted by Gasteiger charge is -2.27. The summed E-state index contributed by atoms with van der Waals surface area (Å²) in [4.78, 5) is 16.0. The molecule has 0 spiro atoms. The van der Waals surface area contributed by atoms with E-state index < -0.39 is 0 Å². The predicted molar refractivity (Wildman–Crippen MR) is 69.0 cm³/mol. The Hall–Kier alpha value is -1.56. The van der Waals surface area contributed by atoms with Crippen LogP contribution in [-0.4, -0.2) is 15.9 Å². The molecule has 6 heteroatoms. The zero-order chi connectivity index (χ0) is 13.3. The van der Waals surface area contributed by atoms with Crippen LogP contribution in [0, 0.1) is 12.3 Å². The number of hydrogen-bond donors (Lipinski definition) is 1. The number of aromatic nitrogens is 1. The molecule has 1 aliphatic carbocycles. The van der Waals surface area contributed by atoms with Crippen molar-refractivity contribution in [3.8, 4) is 0 Å². The van der Waals surface area contributed by atoms with E-state index in [4.69, 9.17) is 0 Å². The van der Waals surface area contributed by atoms with Crippen molar-refractivity contribution in [2.75, 3.05) is 0 Å². The lowest BCUT2D eigenvalue weighted by Crippen LogP contribution is -2.25. The normalized spacial score (nSPS) is 19.8. The summed E-state index contributed by atoms with van der Waals surface area (Å²) in [6, 6.07) is 0. The number of aliphatic hydroxyl groups excluding tert-OH is 1. The molecule has 0 fully saturated rings. The highest BCUT2D eigenvalue weighted by molar-refractivity contribution is 7.13. The van der Waals surface area contributed by atoms with Crippen molar-refractivity contribution in [3.05, 3.63) is 22.5 Å². The average molecular weight is 265 g/mol. The first kappa shape index (κ1) is 12.9. The first-order chi connectivity index (χ1) is 8.37. The SMILES string of the molecule is Cc1csc(N=NC2=C(O)CC(C)(C)CC2=O)n1. The average Bonchev–Trinajstić information content (AvgIpc) is 2.61. The molecule has 0 atom stereocenters. The van der Waals surface area contributed by atoms with Crippen LogP contribution in [-0.2, 0) is 4.79 Å². The van der Waals surface area contributed by atoms with Crippen LogP contribution in [0.3, 0.4) is 0 Å². The summed E-state index contributed by atoms with van der Waals surface area (Å²) in [5.41, 5.74) is 0.725. The minimum absolute atomic E-state index is 0.0216. The molecule has 5 nitrogen and oxygen atoms in total. The topological polar surface area (TPSA) is 74.9 Å². The summed E-state index contributed by atoms with van der Waals surface area (Å²) in [6.45, 7) is 5.75. The van der Waals surface area contributed by atoms with Gasteiger partial charge in [0.2, 0.25) is 5.13 Å². The van der Waals surface area contributed by atoms with E-state index in [1.807, 2.05) is 26.2 Å². The van der Waals surface area contributed by atoms with Crippen molar-refractivity contribution >= 4 is 22.3 Å². The molecule has 0 bridgehead atoms. The van der Waals surface area contributed by atoms with Gasteiger partial charge in [-0.05, 0) is 12.3 Å². The highest BCUT2D eigenvalue weighted by Gasteiger charge is 2.33. The minimum Gasteiger partial charge on any atom is -0.510 e. The van der Waals surface area contributed by atoms with Crippen LogP contribution in [0.4, 0.5) is 5.13 Å². The number of rotatable bonds is 2. The number of azo groups is 1. The number of thiazole rings is 1. The Morgan fingerprint density at radius 3 is 2.67 bits per heavy atom. The quantitative estimate of drug-likeness (QED) is 0.828. The molecule has 1 aliphatic rings. The summed E-state index contributed by atoms with van der Waals surface area (Å²) in [5.74, 6) is -0.144. The van der Waals surface area contributed by atoms with E-state index in [1.54, 1.807) is 0 Å². The van der Waals surface area contributed by atoms with E-state index in [2.05, 4.69) is 15.2 Å². The Labute approximate surface area is 109 Å². The van der Waals surface area contributed by atoms with Crippen molar-refractivity contribution in [2.24, 2.45) is 15.6 Å².